The highest BCUT2D eigenvalue weighted by Crippen LogP contribution is 2.22. The first-order valence-corrected chi connectivity index (χ1v) is 13.5. The van der Waals surface area contributed by atoms with E-state index in [4.69, 9.17) is 9.47 Å². The number of thioether (sulfide) groups is 1. The normalized spacial score (nSPS) is 20.2. The number of morpholine rings is 1. The molecule has 9 nitrogen and oxygen atoms in total. The highest BCUT2D eigenvalue weighted by Gasteiger charge is 2.21. The summed E-state index contributed by atoms with van der Waals surface area (Å²) in [7, 11) is 1.59. The van der Waals surface area contributed by atoms with Gasteiger partial charge in [-0.05, 0) is 64.2 Å². The number of nitrogens with zero attached hydrogens (tertiary/aromatic N) is 3. The Hall–Kier alpha value is -2.24. The summed E-state index contributed by atoms with van der Waals surface area (Å²) in [5, 5.41) is 7.55. The van der Waals surface area contributed by atoms with E-state index in [1.165, 1.54) is 24.6 Å². The lowest BCUT2D eigenvalue weighted by Crippen LogP contribution is -2.40. The molecule has 0 radical (unpaired) electrons. The number of hydrogen-bond donors (Lipinski definition) is 2. The maximum absolute atomic E-state index is 13.2. The van der Waals surface area contributed by atoms with Gasteiger partial charge in [0.05, 0.1) is 30.6 Å². The molecular weight excluding hydrogens is 478 g/mol. The molecule has 2 aliphatic rings. The number of likely N-dealkylation sites (tertiary alicyclic amines) is 1. The number of anilines is 1. The van der Waals surface area contributed by atoms with Gasteiger partial charge < -0.3 is 20.1 Å². The molecule has 2 saturated heterocycles. The largest absolute Gasteiger partial charge is 0.383 e. The molecule has 0 saturated carbocycles. The van der Waals surface area contributed by atoms with Crippen LogP contribution in [0.15, 0.2) is 34.3 Å². The van der Waals surface area contributed by atoms with Crippen molar-refractivity contribution in [3.05, 3.63) is 40.4 Å². The molecule has 2 amide bonds. The number of amides is 2. The van der Waals surface area contributed by atoms with Crippen LogP contribution in [0.25, 0.3) is 0 Å². The number of methoxy groups -OCH3 is 1. The molecular formula is C26H39N5O4S. The Labute approximate surface area is 218 Å². The second-order valence-electron chi connectivity index (χ2n) is 9.36. The second-order valence-corrected chi connectivity index (χ2v) is 10.2. The van der Waals surface area contributed by atoms with E-state index in [0.29, 0.717) is 31.0 Å². The minimum absolute atomic E-state index is 0.176. The molecule has 2 unspecified atom stereocenters. The van der Waals surface area contributed by atoms with Gasteiger partial charge in [0.2, 0.25) is 0 Å². The summed E-state index contributed by atoms with van der Waals surface area (Å²) < 4.78 is 10.8. The van der Waals surface area contributed by atoms with Crippen molar-refractivity contribution in [1.82, 2.24) is 15.1 Å². The first-order chi connectivity index (χ1) is 17.4. The first-order valence-electron chi connectivity index (χ1n) is 12.5. The van der Waals surface area contributed by atoms with Crippen molar-refractivity contribution in [2.24, 2.45) is 4.99 Å². The van der Waals surface area contributed by atoms with Gasteiger partial charge in [-0.2, -0.15) is 0 Å². The minimum atomic E-state index is -0.396. The van der Waals surface area contributed by atoms with E-state index in [9.17, 15) is 9.59 Å². The molecule has 0 spiro atoms. The summed E-state index contributed by atoms with van der Waals surface area (Å²) >= 11 is 1.53. The van der Waals surface area contributed by atoms with E-state index in [2.05, 4.69) is 39.1 Å². The van der Waals surface area contributed by atoms with Gasteiger partial charge in [-0.1, -0.05) is 6.07 Å². The average molecular weight is 518 g/mol. The van der Waals surface area contributed by atoms with Gasteiger partial charge in [0.15, 0.2) is 0 Å². The van der Waals surface area contributed by atoms with Crippen LogP contribution >= 0.6 is 11.8 Å². The van der Waals surface area contributed by atoms with Crippen molar-refractivity contribution < 1.29 is 19.1 Å². The van der Waals surface area contributed by atoms with Gasteiger partial charge >= 0.3 is 0 Å². The number of rotatable bonds is 12. The predicted molar refractivity (Wildman–Crippen MR) is 145 cm³/mol. The summed E-state index contributed by atoms with van der Waals surface area (Å²) in [5.74, 6) is 0.145. The van der Waals surface area contributed by atoms with Gasteiger partial charge in [-0.3, -0.25) is 24.4 Å². The van der Waals surface area contributed by atoms with Crippen LogP contribution < -0.4 is 10.6 Å². The summed E-state index contributed by atoms with van der Waals surface area (Å²) in [5.41, 5.74) is 2.05. The van der Waals surface area contributed by atoms with Gasteiger partial charge in [-0.15, -0.1) is 11.8 Å². The third-order valence-corrected chi connectivity index (χ3v) is 7.06. The molecule has 1 aromatic carbocycles. The lowest BCUT2D eigenvalue weighted by Gasteiger charge is -2.31. The number of ether oxygens (including phenoxy) is 2. The Balaban J connectivity index is 1.74. The second kappa shape index (κ2) is 14.5. The fourth-order valence-electron chi connectivity index (χ4n) is 4.35. The fourth-order valence-corrected chi connectivity index (χ4v) is 5.24. The lowest BCUT2D eigenvalue weighted by molar-refractivity contribution is -0.112. The van der Waals surface area contributed by atoms with E-state index < -0.39 is 5.91 Å². The lowest BCUT2D eigenvalue weighted by atomic mass is 10.1. The van der Waals surface area contributed by atoms with Crippen LogP contribution in [-0.2, 0) is 20.8 Å². The third-order valence-electron chi connectivity index (χ3n) is 6.16. The van der Waals surface area contributed by atoms with Crippen LogP contribution in [0, 0.1) is 0 Å². The van der Waals surface area contributed by atoms with Crippen molar-refractivity contribution in [2.75, 3.05) is 57.7 Å². The molecule has 10 heteroatoms. The Morgan fingerprint density at radius 3 is 2.78 bits per heavy atom. The SMILES string of the molecule is C=N/C(=C\SCN1CCCC1)C(=O)Nc1ccc(CN2CCOC(C)C2)cc1C(=O)NC(C)COC. The van der Waals surface area contributed by atoms with Gasteiger partial charge in [0, 0.05) is 44.1 Å². The van der Waals surface area contributed by atoms with Gasteiger partial charge in [0.1, 0.15) is 5.70 Å². The molecule has 0 aliphatic carbocycles. The van der Waals surface area contributed by atoms with Crippen molar-refractivity contribution in [2.45, 2.75) is 45.4 Å². The maximum atomic E-state index is 13.2. The van der Waals surface area contributed by atoms with Crippen molar-refractivity contribution in [3.63, 3.8) is 0 Å². The van der Waals surface area contributed by atoms with Crippen molar-refractivity contribution in [3.8, 4) is 0 Å². The van der Waals surface area contributed by atoms with E-state index in [1.54, 1.807) is 18.6 Å². The first kappa shape index (κ1) is 28.3. The maximum Gasteiger partial charge on any atom is 0.274 e. The Morgan fingerprint density at radius 2 is 2.08 bits per heavy atom. The van der Waals surface area contributed by atoms with Gasteiger partial charge in [-0.25, -0.2) is 0 Å². The van der Waals surface area contributed by atoms with Crippen LogP contribution in [0.1, 0.15) is 42.6 Å². The predicted octanol–water partition coefficient (Wildman–Crippen LogP) is 2.94. The standard InChI is InChI=1S/C26H39N5O4S/c1-19(16-34-4)28-25(32)22-13-21(15-31-11-12-35-20(2)14-31)7-8-23(22)29-26(33)24(27-3)17-36-18-30-9-5-6-10-30/h7-8,13,17,19-20H,3,5-6,9-12,14-16,18H2,1-2,4H3,(H,28,32)(H,29,33)/b24-17-. The smallest absolute Gasteiger partial charge is 0.274 e. The molecule has 1 aromatic rings. The molecule has 0 bridgehead atoms. The van der Waals surface area contributed by atoms with Crippen LogP contribution in [0.4, 0.5) is 5.69 Å². The van der Waals surface area contributed by atoms with Gasteiger partial charge in [0.25, 0.3) is 11.8 Å². The highest BCUT2D eigenvalue weighted by molar-refractivity contribution is 8.02. The van der Waals surface area contributed by atoms with Crippen LogP contribution in [0.2, 0.25) is 0 Å². The van der Waals surface area contributed by atoms with Crippen molar-refractivity contribution >= 4 is 36.0 Å². The Morgan fingerprint density at radius 1 is 1.31 bits per heavy atom. The fraction of sp³-hybridized carbons (Fsp3) is 0.577. The number of carbonyl (C=O) groups excluding carboxylic acids is 2. The average Bonchev–Trinajstić information content (AvgIpc) is 3.36. The minimum Gasteiger partial charge on any atom is -0.383 e. The van der Waals surface area contributed by atoms with E-state index in [-0.39, 0.29) is 23.8 Å². The zero-order chi connectivity index (χ0) is 25.9. The van der Waals surface area contributed by atoms with Crippen molar-refractivity contribution in [1.29, 1.82) is 0 Å². The number of benzene rings is 1. The monoisotopic (exact) mass is 517 g/mol. The Kier molecular flexibility index (Phi) is 11.4. The van der Waals surface area contributed by atoms with E-state index in [1.807, 2.05) is 19.1 Å². The van der Waals surface area contributed by atoms with Crippen LogP contribution in [0.3, 0.4) is 0 Å². The molecule has 2 aliphatic heterocycles. The zero-order valence-corrected chi connectivity index (χ0v) is 22.4. The number of carbonyl (C=O) groups is 2. The molecule has 2 heterocycles. The number of hydrogen-bond acceptors (Lipinski definition) is 8. The molecule has 2 atom stereocenters. The van der Waals surface area contributed by atoms with Crippen LogP contribution in [-0.4, -0.2) is 92.9 Å². The van der Waals surface area contributed by atoms with Crippen LogP contribution in [0.5, 0.6) is 0 Å². The van der Waals surface area contributed by atoms with E-state index in [0.717, 1.165) is 37.6 Å². The number of nitrogens with one attached hydrogen (secondary N) is 2. The highest BCUT2D eigenvalue weighted by atomic mass is 32.2. The Bertz CT molecular complexity index is 935. The molecule has 2 fully saturated rings. The molecule has 36 heavy (non-hydrogen) atoms. The number of aliphatic imine (C=N–C) groups is 1. The summed E-state index contributed by atoms with van der Waals surface area (Å²) in [6.45, 7) is 13.1. The third kappa shape index (κ3) is 8.70. The summed E-state index contributed by atoms with van der Waals surface area (Å²) in [6, 6.07) is 5.39. The molecule has 2 N–H and O–H groups in total. The quantitative estimate of drug-likeness (QED) is 0.325. The summed E-state index contributed by atoms with van der Waals surface area (Å²) in [4.78, 5) is 34.7. The van der Waals surface area contributed by atoms with E-state index >= 15 is 0 Å². The zero-order valence-electron chi connectivity index (χ0n) is 21.6. The molecule has 0 aromatic heterocycles. The topological polar surface area (TPSA) is 95.5 Å². The molecule has 3 rings (SSSR count). The summed E-state index contributed by atoms with van der Waals surface area (Å²) in [6.07, 6.45) is 2.60. The molecule has 198 valence electrons.